The van der Waals surface area contributed by atoms with Crippen LogP contribution in [0, 0.1) is 6.92 Å². The van der Waals surface area contributed by atoms with Crippen molar-refractivity contribution in [2.24, 2.45) is 0 Å². The summed E-state index contributed by atoms with van der Waals surface area (Å²) in [6, 6.07) is 8.86. The predicted octanol–water partition coefficient (Wildman–Crippen LogP) is 3.10. The first-order valence-electron chi connectivity index (χ1n) is 8.20. The van der Waals surface area contributed by atoms with Gasteiger partial charge in [-0.2, -0.15) is 10.2 Å². The molecule has 1 unspecified atom stereocenters. The topological polar surface area (TPSA) is 102 Å². The molecule has 8 nitrogen and oxygen atoms in total. The third kappa shape index (κ3) is 4.43. The van der Waals surface area contributed by atoms with Crippen LogP contribution in [0.15, 0.2) is 47.2 Å². The average Bonchev–Trinajstić information content (AvgIpc) is 3.23. The van der Waals surface area contributed by atoms with E-state index in [0.29, 0.717) is 12.4 Å². The summed E-state index contributed by atoms with van der Waals surface area (Å²) in [6.07, 6.45) is 2.74. The molecule has 0 saturated carbocycles. The van der Waals surface area contributed by atoms with Gasteiger partial charge in [-0.15, -0.1) is 0 Å². The molecular weight excluding hydrogens is 414 g/mol. The number of anilines is 1. The van der Waals surface area contributed by atoms with E-state index in [-0.39, 0.29) is 5.56 Å². The molecule has 2 heterocycles. The average molecular weight is 432 g/mol. The second kappa shape index (κ2) is 7.75. The Hall–Kier alpha value is -2.94. The van der Waals surface area contributed by atoms with Crippen molar-refractivity contribution in [3.63, 3.8) is 0 Å². The van der Waals surface area contributed by atoms with Crippen molar-refractivity contribution >= 4 is 33.6 Å². The Morgan fingerprint density at radius 3 is 2.67 bits per heavy atom. The summed E-state index contributed by atoms with van der Waals surface area (Å²) in [6.45, 7) is 3.99. The van der Waals surface area contributed by atoms with Gasteiger partial charge in [-0.05, 0) is 31.5 Å². The number of carboxylic acids is 1. The zero-order valence-electron chi connectivity index (χ0n) is 14.8. The molecule has 1 amide bonds. The Morgan fingerprint density at radius 2 is 2.00 bits per heavy atom. The van der Waals surface area contributed by atoms with Crippen LogP contribution < -0.4 is 5.32 Å². The molecule has 0 bridgehead atoms. The molecule has 27 heavy (non-hydrogen) atoms. The SMILES string of the molecule is Cc1cc(NC(=O)c2cnn(C(C)C(=O)O)c2)nn1Cc1ccc(Br)cc1. The van der Waals surface area contributed by atoms with Gasteiger partial charge >= 0.3 is 5.97 Å². The van der Waals surface area contributed by atoms with Crippen molar-refractivity contribution in [3.05, 3.63) is 64.0 Å². The number of aliphatic carboxylic acids is 1. The van der Waals surface area contributed by atoms with E-state index in [0.717, 1.165) is 15.7 Å². The van der Waals surface area contributed by atoms with Gasteiger partial charge in [-0.25, -0.2) is 4.79 Å². The summed E-state index contributed by atoms with van der Waals surface area (Å²) in [4.78, 5) is 23.4. The minimum Gasteiger partial charge on any atom is -0.480 e. The summed E-state index contributed by atoms with van der Waals surface area (Å²) < 4.78 is 4.04. The number of halogens is 1. The van der Waals surface area contributed by atoms with Gasteiger partial charge in [0, 0.05) is 22.4 Å². The highest BCUT2D eigenvalue weighted by atomic mass is 79.9. The summed E-state index contributed by atoms with van der Waals surface area (Å²) in [5, 5.41) is 20.1. The summed E-state index contributed by atoms with van der Waals surface area (Å²) in [5.74, 6) is -0.992. The lowest BCUT2D eigenvalue weighted by Crippen LogP contribution is -2.16. The zero-order chi connectivity index (χ0) is 19.6. The number of aromatic nitrogens is 4. The van der Waals surface area contributed by atoms with E-state index in [1.807, 2.05) is 31.2 Å². The number of amides is 1. The fourth-order valence-corrected chi connectivity index (χ4v) is 2.73. The lowest BCUT2D eigenvalue weighted by atomic mass is 10.2. The highest BCUT2D eigenvalue weighted by Gasteiger charge is 2.17. The highest BCUT2D eigenvalue weighted by molar-refractivity contribution is 9.10. The number of carbonyl (C=O) groups is 2. The normalized spacial score (nSPS) is 12.0. The van der Waals surface area contributed by atoms with Gasteiger partial charge in [-0.3, -0.25) is 14.2 Å². The Kier molecular flexibility index (Phi) is 5.41. The van der Waals surface area contributed by atoms with Crippen LogP contribution in [0.2, 0.25) is 0 Å². The van der Waals surface area contributed by atoms with Crippen LogP contribution in [0.1, 0.15) is 34.6 Å². The maximum absolute atomic E-state index is 12.4. The van der Waals surface area contributed by atoms with Crippen LogP contribution in [-0.2, 0) is 11.3 Å². The number of benzene rings is 1. The molecule has 3 aromatic rings. The first kappa shape index (κ1) is 18.8. The molecule has 1 aromatic carbocycles. The number of aryl methyl sites for hydroxylation is 1. The third-order valence-corrected chi connectivity index (χ3v) is 4.61. The molecule has 0 aliphatic rings. The monoisotopic (exact) mass is 431 g/mol. The quantitative estimate of drug-likeness (QED) is 0.624. The number of hydrogen-bond acceptors (Lipinski definition) is 4. The summed E-state index contributed by atoms with van der Waals surface area (Å²) >= 11 is 3.41. The molecule has 2 aromatic heterocycles. The maximum atomic E-state index is 12.4. The van der Waals surface area contributed by atoms with Crippen molar-refractivity contribution in [1.29, 1.82) is 0 Å². The van der Waals surface area contributed by atoms with Gasteiger partial charge in [-0.1, -0.05) is 28.1 Å². The molecule has 3 rings (SSSR count). The fraction of sp³-hybridized carbons (Fsp3) is 0.222. The first-order chi connectivity index (χ1) is 12.8. The largest absolute Gasteiger partial charge is 0.480 e. The minimum absolute atomic E-state index is 0.267. The number of hydrogen-bond donors (Lipinski definition) is 2. The molecule has 1 atom stereocenters. The zero-order valence-corrected chi connectivity index (χ0v) is 16.3. The number of nitrogens with zero attached hydrogens (tertiary/aromatic N) is 4. The van der Waals surface area contributed by atoms with Gasteiger partial charge in [0.15, 0.2) is 5.82 Å². The van der Waals surface area contributed by atoms with Gasteiger partial charge in [0.2, 0.25) is 0 Å². The van der Waals surface area contributed by atoms with Gasteiger partial charge < -0.3 is 10.4 Å². The van der Waals surface area contributed by atoms with Gasteiger partial charge in [0.1, 0.15) is 6.04 Å². The molecule has 0 fully saturated rings. The summed E-state index contributed by atoms with van der Waals surface area (Å²) in [7, 11) is 0. The molecule has 2 N–H and O–H groups in total. The van der Waals surface area contributed by atoms with Crippen molar-refractivity contribution < 1.29 is 14.7 Å². The van der Waals surface area contributed by atoms with Crippen molar-refractivity contribution in [2.45, 2.75) is 26.4 Å². The van der Waals surface area contributed by atoms with Crippen molar-refractivity contribution in [1.82, 2.24) is 19.6 Å². The Morgan fingerprint density at radius 1 is 1.30 bits per heavy atom. The number of carboxylic acid groups (broad SMARTS) is 1. The van der Waals surface area contributed by atoms with Crippen LogP contribution in [0.3, 0.4) is 0 Å². The van der Waals surface area contributed by atoms with Crippen LogP contribution >= 0.6 is 15.9 Å². The van der Waals surface area contributed by atoms with E-state index in [4.69, 9.17) is 5.11 Å². The Labute approximate surface area is 163 Å². The number of rotatable bonds is 6. The molecular formula is C18H18BrN5O3. The van der Waals surface area contributed by atoms with Gasteiger partial charge in [0.25, 0.3) is 5.91 Å². The lowest BCUT2D eigenvalue weighted by molar-refractivity contribution is -0.140. The Bertz CT molecular complexity index is 977. The molecule has 0 spiro atoms. The van der Waals surface area contributed by atoms with E-state index in [2.05, 4.69) is 31.4 Å². The molecule has 0 aliphatic carbocycles. The highest BCUT2D eigenvalue weighted by Crippen LogP contribution is 2.15. The minimum atomic E-state index is -1.02. The third-order valence-electron chi connectivity index (χ3n) is 4.09. The van der Waals surface area contributed by atoms with E-state index in [1.54, 1.807) is 10.7 Å². The molecule has 140 valence electrons. The smallest absolute Gasteiger partial charge is 0.328 e. The Balaban J connectivity index is 1.70. The predicted molar refractivity (Wildman–Crippen MR) is 103 cm³/mol. The molecule has 0 aliphatic heterocycles. The molecule has 9 heteroatoms. The molecule has 0 saturated heterocycles. The molecule has 0 radical (unpaired) electrons. The van der Waals surface area contributed by atoms with Gasteiger partial charge in [0.05, 0.1) is 18.3 Å². The van der Waals surface area contributed by atoms with E-state index in [1.165, 1.54) is 24.0 Å². The number of nitrogens with one attached hydrogen (secondary N) is 1. The van der Waals surface area contributed by atoms with Crippen molar-refractivity contribution in [3.8, 4) is 0 Å². The maximum Gasteiger partial charge on any atom is 0.328 e. The summed E-state index contributed by atoms with van der Waals surface area (Å²) in [5.41, 5.74) is 2.26. The van der Waals surface area contributed by atoms with Crippen LogP contribution in [0.25, 0.3) is 0 Å². The van der Waals surface area contributed by atoms with Crippen LogP contribution in [0.4, 0.5) is 5.82 Å². The lowest BCUT2D eigenvalue weighted by Gasteiger charge is -2.05. The van der Waals surface area contributed by atoms with E-state index in [9.17, 15) is 9.59 Å². The second-order valence-electron chi connectivity index (χ2n) is 6.13. The second-order valence-corrected chi connectivity index (χ2v) is 7.05. The van der Waals surface area contributed by atoms with Crippen LogP contribution in [-0.4, -0.2) is 36.5 Å². The number of carbonyl (C=O) groups excluding carboxylic acids is 1. The van der Waals surface area contributed by atoms with E-state index >= 15 is 0 Å². The van der Waals surface area contributed by atoms with Crippen molar-refractivity contribution in [2.75, 3.05) is 5.32 Å². The standard InChI is InChI=1S/C18H18BrN5O3/c1-11-7-16(22-23(11)9-13-3-5-15(19)6-4-13)21-17(25)14-8-20-24(10-14)12(2)18(26)27/h3-8,10,12H,9H2,1-2H3,(H,26,27)(H,21,22,25). The first-order valence-corrected chi connectivity index (χ1v) is 9.00. The van der Waals surface area contributed by atoms with E-state index < -0.39 is 17.9 Å². The van der Waals surface area contributed by atoms with Crippen LogP contribution in [0.5, 0.6) is 0 Å². The fourth-order valence-electron chi connectivity index (χ4n) is 2.46.